The fourth-order valence-electron chi connectivity index (χ4n) is 1.48. The molecule has 0 aromatic heterocycles. The van der Waals surface area contributed by atoms with Gasteiger partial charge in [0, 0.05) is 11.6 Å². The van der Waals surface area contributed by atoms with Crippen LogP contribution in [-0.4, -0.2) is 16.1 Å². The second-order valence-corrected chi connectivity index (χ2v) is 4.76. The van der Waals surface area contributed by atoms with Gasteiger partial charge in [-0.25, -0.2) is 8.78 Å². The van der Waals surface area contributed by atoms with E-state index in [1.807, 2.05) is 0 Å². The van der Waals surface area contributed by atoms with Gasteiger partial charge in [-0.05, 0) is 40.2 Å². The van der Waals surface area contributed by atoms with Gasteiger partial charge in [0.15, 0.2) is 11.5 Å². The topological polar surface area (TPSA) is 69.6 Å². The van der Waals surface area contributed by atoms with Crippen molar-refractivity contribution in [3.8, 4) is 11.5 Å². The Bertz CT molecular complexity index is 692. The summed E-state index contributed by atoms with van der Waals surface area (Å²) in [6.07, 6.45) is 0. The van der Waals surface area contributed by atoms with E-state index in [4.69, 9.17) is 5.11 Å². The number of amides is 1. The van der Waals surface area contributed by atoms with E-state index in [2.05, 4.69) is 21.2 Å². The SMILES string of the molecule is O=C(Nc1cc(F)c(Br)cc1F)c1ccc(O)c(O)c1. The lowest BCUT2D eigenvalue weighted by molar-refractivity contribution is 0.102. The standard InChI is InChI=1S/C13H8BrF2NO3/c14-7-4-9(16)10(5-8(7)15)17-13(20)6-1-2-11(18)12(19)3-6/h1-5,18-19H,(H,17,20). The Kier molecular flexibility index (Phi) is 3.89. The molecule has 0 aliphatic heterocycles. The Hall–Kier alpha value is -2.15. The Morgan fingerprint density at radius 2 is 1.75 bits per heavy atom. The van der Waals surface area contributed by atoms with Crippen molar-refractivity contribution in [1.29, 1.82) is 0 Å². The number of halogens is 3. The molecule has 0 aliphatic carbocycles. The monoisotopic (exact) mass is 343 g/mol. The Morgan fingerprint density at radius 1 is 1.05 bits per heavy atom. The molecule has 2 rings (SSSR count). The molecule has 7 heteroatoms. The molecule has 0 bridgehead atoms. The first kappa shape index (κ1) is 14.3. The Balaban J connectivity index is 2.27. The number of benzene rings is 2. The van der Waals surface area contributed by atoms with Crippen LogP contribution in [0.1, 0.15) is 10.4 Å². The number of rotatable bonds is 2. The van der Waals surface area contributed by atoms with E-state index in [0.29, 0.717) is 0 Å². The van der Waals surface area contributed by atoms with Crippen molar-refractivity contribution < 1.29 is 23.8 Å². The molecule has 2 aromatic carbocycles. The Labute approximate surface area is 120 Å². The molecule has 0 aliphatic rings. The van der Waals surface area contributed by atoms with E-state index in [1.54, 1.807) is 0 Å². The Morgan fingerprint density at radius 3 is 2.40 bits per heavy atom. The minimum Gasteiger partial charge on any atom is -0.504 e. The average molecular weight is 344 g/mol. The van der Waals surface area contributed by atoms with Gasteiger partial charge in [-0.1, -0.05) is 0 Å². The number of phenols is 2. The highest BCUT2D eigenvalue weighted by molar-refractivity contribution is 9.10. The molecule has 0 unspecified atom stereocenters. The molecular formula is C13H8BrF2NO3. The zero-order valence-corrected chi connectivity index (χ0v) is 11.4. The molecule has 0 fully saturated rings. The van der Waals surface area contributed by atoms with E-state index < -0.39 is 23.3 Å². The number of aromatic hydroxyl groups is 2. The first-order valence-corrected chi connectivity index (χ1v) is 6.15. The lowest BCUT2D eigenvalue weighted by atomic mass is 10.2. The number of nitrogens with one attached hydrogen (secondary N) is 1. The van der Waals surface area contributed by atoms with Gasteiger partial charge in [0.05, 0.1) is 10.2 Å². The van der Waals surface area contributed by atoms with E-state index in [9.17, 15) is 18.7 Å². The molecule has 104 valence electrons. The van der Waals surface area contributed by atoms with Crippen LogP contribution in [-0.2, 0) is 0 Å². The molecule has 0 heterocycles. The number of phenolic OH excluding ortho intramolecular Hbond substituents is 2. The third-order valence-electron chi connectivity index (χ3n) is 2.50. The maximum Gasteiger partial charge on any atom is 0.255 e. The summed E-state index contributed by atoms with van der Waals surface area (Å²) in [5.74, 6) is -3.16. The van der Waals surface area contributed by atoms with E-state index in [1.165, 1.54) is 6.07 Å². The summed E-state index contributed by atoms with van der Waals surface area (Å²) in [4.78, 5) is 11.8. The van der Waals surface area contributed by atoms with Crippen molar-refractivity contribution in [2.75, 3.05) is 5.32 Å². The number of hydrogen-bond acceptors (Lipinski definition) is 3. The predicted molar refractivity (Wildman–Crippen MR) is 71.8 cm³/mol. The zero-order valence-electron chi connectivity index (χ0n) is 9.82. The highest BCUT2D eigenvalue weighted by Crippen LogP contribution is 2.27. The summed E-state index contributed by atoms with van der Waals surface area (Å²) < 4.78 is 26.8. The predicted octanol–water partition coefficient (Wildman–Crippen LogP) is 3.39. The van der Waals surface area contributed by atoms with Crippen molar-refractivity contribution in [1.82, 2.24) is 0 Å². The molecule has 20 heavy (non-hydrogen) atoms. The van der Waals surface area contributed by atoms with Crippen LogP contribution >= 0.6 is 15.9 Å². The number of carbonyl (C=O) groups is 1. The number of anilines is 1. The van der Waals surface area contributed by atoms with Gasteiger partial charge in [0.1, 0.15) is 11.6 Å². The summed E-state index contributed by atoms with van der Waals surface area (Å²) in [5, 5.41) is 20.6. The maximum atomic E-state index is 13.5. The maximum absolute atomic E-state index is 13.5. The molecule has 2 aromatic rings. The molecule has 0 saturated heterocycles. The minimum atomic E-state index is -0.811. The van der Waals surface area contributed by atoms with E-state index in [0.717, 1.165) is 24.3 Å². The highest BCUT2D eigenvalue weighted by Gasteiger charge is 2.13. The van der Waals surface area contributed by atoms with Crippen molar-refractivity contribution in [3.63, 3.8) is 0 Å². The lowest BCUT2D eigenvalue weighted by Gasteiger charge is -2.08. The first-order chi connectivity index (χ1) is 9.38. The second-order valence-electron chi connectivity index (χ2n) is 3.90. The fourth-order valence-corrected chi connectivity index (χ4v) is 1.79. The van der Waals surface area contributed by atoms with Gasteiger partial charge in [-0.15, -0.1) is 0 Å². The van der Waals surface area contributed by atoms with Gasteiger partial charge in [0.2, 0.25) is 0 Å². The first-order valence-electron chi connectivity index (χ1n) is 5.36. The molecule has 0 atom stereocenters. The highest BCUT2D eigenvalue weighted by atomic mass is 79.9. The molecule has 4 nitrogen and oxygen atoms in total. The van der Waals surface area contributed by atoms with Crippen molar-refractivity contribution in [3.05, 3.63) is 52.0 Å². The van der Waals surface area contributed by atoms with Crippen LogP contribution in [0.2, 0.25) is 0 Å². The van der Waals surface area contributed by atoms with Gasteiger partial charge in [0.25, 0.3) is 5.91 Å². The second kappa shape index (κ2) is 5.46. The molecule has 3 N–H and O–H groups in total. The summed E-state index contributed by atoms with van der Waals surface area (Å²) >= 11 is 2.82. The van der Waals surface area contributed by atoms with Crippen LogP contribution < -0.4 is 5.32 Å². The summed E-state index contributed by atoms with van der Waals surface area (Å²) in [6, 6.07) is 5.08. The van der Waals surface area contributed by atoms with E-state index >= 15 is 0 Å². The van der Waals surface area contributed by atoms with Crippen LogP contribution in [0, 0.1) is 11.6 Å². The normalized spacial score (nSPS) is 10.3. The van der Waals surface area contributed by atoms with Crippen LogP contribution in [0.25, 0.3) is 0 Å². The van der Waals surface area contributed by atoms with Crippen LogP contribution in [0.4, 0.5) is 14.5 Å². The molecule has 0 spiro atoms. The molecule has 0 saturated carbocycles. The van der Waals surface area contributed by atoms with Crippen molar-refractivity contribution in [2.24, 2.45) is 0 Å². The smallest absolute Gasteiger partial charge is 0.255 e. The quantitative estimate of drug-likeness (QED) is 0.578. The summed E-state index contributed by atoms with van der Waals surface area (Å²) in [5.41, 5.74) is -0.341. The zero-order chi connectivity index (χ0) is 14.9. The van der Waals surface area contributed by atoms with Crippen molar-refractivity contribution >= 4 is 27.5 Å². The van der Waals surface area contributed by atoms with Crippen LogP contribution in [0.15, 0.2) is 34.8 Å². The average Bonchev–Trinajstić information content (AvgIpc) is 2.39. The summed E-state index contributed by atoms with van der Waals surface area (Å²) in [6.45, 7) is 0. The number of carbonyl (C=O) groups excluding carboxylic acids is 1. The number of hydrogen-bond donors (Lipinski definition) is 3. The lowest BCUT2D eigenvalue weighted by Crippen LogP contribution is -2.13. The van der Waals surface area contributed by atoms with Crippen LogP contribution in [0.5, 0.6) is 11.5 Å². The largest absolute Gasteiger partial charge is 0.504 e. The molecule has 0 radical (unpaired) electrons. The molecule has 1 amide bonds. The fraction of sp³-hybridized carbons (Fsp3) is 0. The summed E-state index contributed by atoms with van der Waals surface area (Å²) in [7, 11) is 0. The molecular weight excluding hydrogens is 336 g/mol. The van der Waals surface area contributed by atoms with Crippen molar-refractivity contribution in [2.45, 2.75) is 0 Å². The van der Waals surface area contributed by atoms with Crippen LogP contribution in [0.3, 0.4) is 0 Å². The third-order valence-corrected chi connectivity index (χ3v) is 3.10. The van der Waals surface area contributed by atoms with Gasteiger partial charge < -0.3 is 15.5 Å². The van der Waals surface area contributed by atoms with E-state index in [-0.39, 0.29) is 21.5 Å². The minimum absolute atomic E-state index is 0.0111. The van der Waals surface area contributed by atoms with Gasteiger partial charge >= 0.3 is 0 Å². The van der Waals surface area contributed by atoms with Gasteiger partial charge in [-0.2, -0.15) is 0 Å². The third kappa shape index (κ3) is 2.88. The van der Waals surface area contributed by atoms with Gasteiger partial charge in [-0.3, -0.25) is 4.79 Å².